The molecular formula is C21H26F3N3O2S. The molecule has 1 aromatic carbocycles. The molecule has 0 aliphatic rings. The highest BCUT2D eigenvalue weighted by atomic mass is 32.2. The number of allylic oxidation sites excluding steroid dienone is 3. The zero-order valence-corrected chi connectivity index (χ0v) is 18.5. The molecule has 0 aliphatic heterocycles. The highest BCUT2D eigenvalue weighted by Crippen LogP contribution is 2.29. The molecule has 30 heavy (non-hydrogen) atoms. The Morgan fingerprint density at radius 1 is 1.23 bits per heavy atom. The number of aryl methyl sites for hydroxylation is 1. The Morgan fingerprint density at radius 3 is 2.20 bits per heavy atom. The van der Waals surface area contributed by atoms with Gasteiger partial charge in [0.25, 0.3) is 0 Å². The molecule has 2 rings (SSSR count). The van der Waals surface area contributed by atoms with Gasteiger partial charge in [0.2, 0.25) is 0 Å². The summed E-state index contributed by atoms with van der Waals surface area (Å²) in [5, 5.41) is 0. The van der Waals surface area contributed by atoms with E-state index in [1.165, 1.54) is 35.8 Å². The van der Waals surface area contributed by atoms with Crippen molar-refractivity contribution in [1.29, 1.82) is 0 Å². The van der Waals surface area contributed by atoms with Crippen LogP contribution in [0.2, 0.25) is 0 Å². The minimum Gasteiger partial charge on any atom is -0.303 e. The van der Waals surface area contributed by atoms with Crippen LogP contribution in [0.1, 0.15) is 31.8 Å². The first kappa shape index (κ1) is 25.4. The second kappa shape index (κ2) is 10.4. The predicted molar refractivity (Wildman–Crippen MR) is 114 cm³/mol. The molecule has 1 aromatic heterocycles. The number of aliphatic imine (C=N–C) groups is 1. The summed E-state index contributed by atoms with van der Waals surface area (Å²) in [4.78, 5) is 7.58. The lowest BCUT2D eigenvalue weighted by atomic mass is 10.2. The molecule has 2 aromatic rings. The summed E-state index contributed by atoms with van der Waals surface area (Å²) in [6.45, 7) is 9.19. The molecule has 1 heterocycles. The van der Waals surface area contributed by atoms with Crippen molar-refractivity contribution in [2.75, 3.05) is 13.3 Å². The molecule has 164 valence electrons. The van der Waals surface area contributed by atoms with Crippen molar-refractivity contribution in [1.82, 2.24) is 9.55 Å². The third kappa shape index (κ3) is 7.98. The first-order chi connectivity index (χ1) is 13.8. The van der Waals surface area contributed by atoms with Crippen LogP contribution < -0.4 is 0 Å². The first-order valence-electron chi connectivity index (χ1n) is 8.93. The van der Waals surface area contributed by atoms with E-state index in [1.54, 1.807) is 0 Å². The van der Waals surface area contributed by atoms with E-state index in [4.69, 9.17) is 0 Å². The Morgan fingerprint density at radius 2 is 1.80 bits per heavy atom. The van der Waals surface area contributed by atoms with Crippen LogP contribution in [0.5, 0.6) is 0 Å². The molecule has 0 saturated heterocycles. The fraction of sp³-hybridized carbons (Fsp3) is 0.333. The number of sulfone groups is 1. The average Bonchev–Trinajstić information content (AvgIpc) is 3.03. The highest BCUT2D eigenvalue weighted by Gasteiger charge is 2.34. The second-order valence-corrected chi connectivity index (χ2v) is 8.73. The normalized spacial score (nSPS) is 12.6. The van der Waals surface area contributed by atoms with Crippen LogP contribution in [0.3, 0.4) is 0 Å². The molecule has 0 N–H and O–H groups in total. The van der Waals surface area contributed by atoms with Crippen molar-refractivity contribution in [3.05, 3.63) is 66.3 Å². The smallest absolute Gasteiger partial charge is 0.303 e. The summed E-state index contributed by atoms with van der Waals surface area (Å²) >= 11 is 0. The van der Waals surface area contributed by atoms with Crippen LogP contribution in [0.25, 0.3) is 5.69 Å². The van der Waals surface area contributed by atoms with Gasteiger partial charge in [0, 0.05) is 37.3 Å². The first-order valence-corrected chi connectivity index (χ1v) is 10.8. The maximum atomic E-state index is 12.6. The van der Waals surface area contributed by atoms with Crippen LogP contribution >= 0.6 is 0 Å². The Balaban J connectivity index is 0.000000382. The number of alkyl halides is 3. The summed E-state index contributed by atoms with van der Waals surface area (Å²) < 4.78 is 61.6. The summed E-state index contributed by atoms with van der Waals surface area (Å²) in [7, 11) is -1.53. The Hall–Kier alpha value is -2.68. The second-order valence-electron chi connectivity index (χ2n) is 6.72. The maximum Gasteiger partial charge on any atom is 0.434 e. The third-order valence-electron chi connectivity index (χ3n) is 3.91. The van der Waals surface area contributed by atoms with Gasteiger partial charge in [-0.1, -0.05) is 24.3 Å². The minimum absolute atomic E-state index is 0.107. The molecular weight excluding hydrogens is 415 g/mol. The molecule has 0 radical (unpaired) electrons. The molecule has 0 amide bonds. The van der Waals surface area contributed by atoms with E-state index in [1.807, 2.05) is 27.0 Å². The van der Waals surface area contributed by atoms with Gasteiger partial charge in [-0.3, -0.25) is 4.99 Å². The Bertz CT molecular complexity index is 1030. The zero-order valence-electron chi connectivity index (χ0n) is 17.7. The van der Waals surface area contributed by atoms with Crippen LogP contribution in [-0.4, -0.2) is 37.0 Å². The van der Waals surface area contributed by atoms with Crippen LogP contribution in [0.15, 0.2) is 64.7 Å². The summed E-state index contributed by atoms with van der Waals surface area (Å²) in [5.74, 6) is 0.171. The monoisotopic (exact) mass is 441 g/mol. The van der Waals surface area contributed by atoms with Gasteiger partial charge in [0.1, 0.15) is 5.82 Å². The van der Waals surface area contributed by atoms with Crippen molar-refractivity contribution in [3.63, 3.8) is 0 Å². The van der Waals surface area contributed by atoms with Crippen LogP contribution in [-0.2, 0) is 16.0 Å². The number of nitrogens with zero attached hydrogens (tertiary/aromatic N) is 3. The van der Waals surface area contributed by atoms with Gasteiger partial charge in [0.15, 0.2) is 15.5 Å². The average molecular weight is 442 g/mol. The fourth-order valence-electron chi connectivity index (χ4n) is 2.25. The number of benzene rings is 1. The van der Waals surface area contributed by atoms with Crippen molar-refractivity contribution < 1.29 is 21.6 Å². The molecule has 0 aliphatic carbocycles. The SMILES string of the molecule is C=C(C)C=CCC(C)=NC.Cc1nc(C(F)(F)F)cn1-c1ccc(S(C)(=O)=O)cc1. The zero-order chi connectivity index (χ0) is 23.1. The fourth-order valence-corrected chi connectivity index (χ4v) is 2.88. The Kier molecular flexibility index (Phi) is 8.77. The molecule has 0 bridgehead atoms. The number of hydrogen-bond acceptors (Lipinski definition) is 4. The number of imidazole rings is 1. The summed E-state index contributed by atoms with van der Waals surface area (Å²) in [6.07, 6.45) is 2.45. The van der Waals surface area contributed by atoms with E-state index in [0.29, 0.717) is 5.69 Å². The lowest BCUT2D eigenvalue weighted by molar-refractivity contribution is -0.141. The van der Waals surface area contributed by atoms with Crippen molar-refractivity contribution in [3.8, 4) is 5.69 Å². The van der Waals surface area contributed by atoms with Crippen LogP contribution in [0.4, 0.5) is 13.2 Å². The minimum atomic E-state index is -4.51. The van der Waals surface area contributed by atoms with Gasteiger partial charge in [-0.05, 0) is 45.0 Å². The van der Waals surface area contributed by atoms with E-state index >= 15 is 0 Å². The molecule has 0 unspecified atom stereocenters. The lowest BCUT2D eigenvalue weighted by Crippen LogP contribution is -2.05. The Labute approximate surface area is 175 Å². The number of aromatic nitrogens is 2. The maximum absolute atomic E-state index is 12.6. The third-order valence-corrected chi connectivity index (χ3v) is 5.04. The number of hydrogen-bond donors (Lipinski definition) is 0. The van der Waals surface area contributed by atoms with E-state index < -0.39 is 21.7 Å². The molecule has 0 atom stereocenters. The van der Waals surface area contributed by atoms with Crippen molar-refractivity contribution in [2.45, 2.75) is 38.3 Å². The predicted octanol–water partition coefficient (Wildman–Crippen LogP) is 5.20. The van der Waals surface area contributed by atoms with Gasteiger partial charge in [-0.15, -0.1) is 0 Å². The molecule has 0 saturated carbocycles. The van der Waals surface area contributed by atoms with E-state index in [0.717, 1.165) is 30.2 Å². The van der Waals surface area contributed by atoms with Crippen molar-refractivity contribution >= 4 is 15.5 Å². The topological polar surface area (TPSA) is 64.3 Å². The summed E-state index contributed by atoms with van der Waals surface area (Å²) in [5.41, 5.74) is 1.67. The van der Waals surface area contributed by atoms with Gasteiger partial charge < -0.3 is 4.57 Å². The number of halogens is 3. The molecule has 0 fully saturated rings. The summed E-state index contributed by atoms with van der Waals surface area (Å²) in [6, 6.07) is 5.56. The molecule has 9 heteroatoms. The largest absolute Gasteiger partial charge is 0.434 e. The van der Waals surface area contributed by atoms with E-state index in [9.17, 15) is 21.6 Å². The van der Waals surface area contributed by atoms with Gasteiger partial charge >= 0.3 is 6.18 Å². The molecule has 5 nitrogen and oxygen atoms in total. The number of rotatable bonds is 5. The quantitative estimate of drug-likeness (QED) is 0.473. The lowest BCUT2D eigenvalue weighted by Gasteiger charge is -2.05. The van der Waals surface area contributed by atoms with Gasteiger partial charge in [0.05, 0.1) is 4.90 Å². The highest BCUT2D eigenvalue weighted by molar-refractivity contribution is 7.90. The standard InChI is InChI=1S/C12H11F3N2O2S.C9H15N/c1-8-16-11(12(13,14)15)7-17(8)9-3-5-10(6-4-9)20(2,18)19;1-8(2)6-5-7-9(3)10-4/h3-7H,1-2H3;5-6H,1,7H2,2-4H3. The van der Waals surface area contributed by atoms with Gasteiger partial charge in [-0.25, -0.2) is 13.4 Å². The van der Waals surface area contributed by atoms with Gasteiger partial charge in [-0.2, -0.15) is 13.2 Å². The van der Waals surface area contributed by atoms with E-state index in [2.05, 4.69) is 22.6 Å². The van der Waals surface area contributed by atoms with Crippen molar-refractivity contribution in [2.24, 2.45) is 4.99 Å². The van der Waals surface area contributed by atoms with E-state index in [-0.39, 0.29) is 10.7 Å². The van der Waals surface area contributed by atoms with Crippen LogP contribution in [0, 0.1) is 6.92 Å². The molecule has 0 spiro atoms.